The SMILES string of the molecule is CC(C)n1c(SCC(=O)N2c3ccccc3NC(=O)CC2C(F)(F)F)nc2ccccc2c1=O. The summed E-state index contributed by atoms with van der Waals surface area (Å²) in [7, 11) is 0. The highest BCUT2D eigenvalue weighted by molar-refractivity contribution is 7.99. The number of aromatic nitrogens is 2. The first-order valence-electron chi connectivity index (χ1n) is 10.5. The molecule has 1 aromatic heterocycles. The molecule has 0 saturated carbocycles. The van der Waals surface area contributed by atoms with Crippen molar-refractivity contribution in [1.29, 1.82) is 0 Å². The fourth-order valence-corrected chi connectivity index (χ4v) is 4.86. The summed E-state index contributed by atoms with van der Waals surface area (Å²) < 4.78 is 43.2. The van der Waals surface area contributed by atoms with Crippen LogP contribution in [0.2, 0.25) is 0 Å². The van der Waals surface area contributed by atoms with E-state index in [9.17, 15) is 27.6 Å². The van der Waals surface area contributed by atoms with E-state index in [1.807, 2.05) is 0 Å². The van der Waals surface area contributed by atoms with Crippen LogP contribution in [0.5, 0.6) is 0 Å². The first-order chi connectivity index (χ1) is 16.1. The zero-order valence-electron chi connectivity index (χ0n) is 18.3. The van der Waals surface area contributed by atoms with Crippen LogP contribution < -0.4 is 15.8 Å². The molecule has 0 radical (unpaired) electrons. The van der Waals surface area contributed by atoms with Gasteiger partial charge in [-0.3, -0.25) is 23.9 Å². The minimum absolute atomic E-state index is 0.0333. The lowest BCUT2D eigenvalue weighted by atomic mass is 10.1. The number of thioether (sulfide) groups is 1. The molecular formula is C23H21F3N4O3S. The average molecular weight is 491 g/mol. The van der Waals surface area contributed by atoms with Crippen LogP contribution in [0.1, 0.15) is 26.3 Å². The number of alkyl halides is 3. The van der Waals surface area contributed by atoms with Gasteiger partial charge in [0.25, 0.3) is 5.56 Å². The van der Waals surface area contributed by atoms with E-state index in [4.69, 9.17) is 0 Å². The predicted molar refractivity (Wildman–Crippen MR) is 124 cm³/mol. The second kappa shape index (κ2) is 9.13. The normalized spacial score (nSPS) is 16.4. The van der Waals surface area contributed by atoms with E-state index < -0.39 is 36.2 Å². The third-order valence-corrected chi connectivity index (χ3v) is 6.33. The first kappa shape index (κ1) is 23.8. The molecule has 0 saturated heterocycles. The number of benzene rings is 2. The summed E-state index contributed by atoms with van der Waals surface area (Å²) in [5.41, 5.74) is 0.232. The van der Waals surface area contributed by atoms with Gasteiger partial charge < -0.3 is 5.32 Å². The lowest BCUT2D eigenvalue weighted by molar-refractivity contribution is -0.157. The molecule has 34 heavy (non-hydrogen) atoms. The molecule has 1 aliphatic rings. The summed E-state index contributed by atoms with van der Waals surface area (Å²) in [5, 5.41) is 3.08. The van der Waals surface area contributed by atoms with Gasteiger partial charge in [-0.15, -0.1) is 0 Å². The van der Waals surface area contributed by atoms with Crippen LogP contribution in [0.3, 0.4) is 0 Å². The van der Waals surface area contributed by atoms with Gasteiger partial charge in [-0.2, -0.15) is 13.2 Å². The molecule has 3 aromatic rings. The molecular weight excluding hydrogens is 469 g/mol. The Kier molecular flexibility index (Phi) is 6.39. The summed E-state index contributed by atoms with van der Waals surface area (Å²) >= 11 is 0.889. The minimum atomic E-state index is -4.82. The Morgan fingerprint density at radius 2 is 1.82 bits per heavy atom. The minimum Gasteiger partial charge on any atom is -0.324 e. The summed E-state index contributed by atoms with van der Waals surface area (Å²) in [6.45, 7) is 3.57. The Hall–Kier alpha value is -3.34. The van der Waals surface area contributed by atoms with Crippen molar-refractivity contribution in [3.63, 3.8) is 0 Å². The number of para-hydroxylation sites is 3. The van der Waals surface area contributed by atoms with Crippen molar-refractivity contribution in [1.82, 2.24) is 9.55 Å². The molecule has 178 valence electrons. The monoisotopic (exact) mass is 490 g/mol. The molecule has 4 rings (SSSR count). The Bertz CT molecular complexity index is 1320. The van der Waals surface area contributed by atoms with E-state index in [2.05, 4.69) is 10.3 Å². The van der Waals surface area contributed by atoms with Crippen molar-refractivity contribution in [2.45, 2.75) is 43.7 Å². The van der Waals surface area contributed by atoms with E-state index in [-0.39, 0.29) is 28.1 Å². The molecule has 7 nitrogen and oxygen atoms in total. The van der Waals surface area contributed by atoms with Gasteiger partial charge in [0.1, 0.15) is 6.04 Å². The summed E-state index contributed by atoms with van der Waals surface area (Å²) in [5.74, 6) is -2.09. The van der Waals surface area contributed by atoms with Gasteiger partial charge >= 0.3 is 6.18 Å². The van der Waals surface area contributed by atoms with Gasteiger partial charge in [0.05, 0.1) is 34.5 Å². The zero-order chi connectivity index (χ0) is 24.6. The fraction of sp³-hybridized carbons (Fsp3) is 0.304. The van der Waals surface area contributed by atoms with Gasteiger partial charge in [-0.1, -0.05) is 36.0 Å². The van der Waals surface area contributed by atoms with Crippen molar-refractivity contribution < 1.29 is 22.8 Å². The second-order valence-electron chi connectivity index (χ2n) is 8.06. The number of hydrogen-bond donors (Lipinski definition) is 1. The van der Waals surface area contributed by atoms with Crippen LogP contribution >= 0.6 is 11.8 Å². The van der Waals surface area contributed by atoms with Crippen LogP contribution in [0.15, 0.2) is 58.5 Å². The van der Waals surface area contributed by atoms with Gasteiger partial charge in [0.2, 0.25) is 11.8 Å². The summed E-state index contributed by atoms with van der Waals surface area (Å²) in [6.07, 6.45) is -5.74. The van der Waals surface area contributed by atoms with Gasteiger partial charge in [-0.25, -0.2) is 4.98 Å². The van der Waals surface area contributed by atoms with Crippen molar-refractivity contribution in [3.05, 3.63) is 58.9 Å². The lowest BCUT2D eigenvalue weighted by Gasteiger charge is -2.31. The topological polar surface area (TPSA) is 84.3 Å². The van der Waals surface area contributed by atoms with Crippen molar-refractivity contribution >= 4 is 45.9 Å². The lowest BCUT2D eigenvalue weighted by Crippen LogP contribution is -2.50. The number of carbonyl (C=O) groups excluding carboxylic acids is 2. The Morgan fingerprint density at radius 1 is 1.15 bits per heavy atom. The summed E-state index contributed by atoms with van der Waals surface area (Å²) in [4.78, 5) is 43.5. The van der Waals surface area contributed by atoms with E-state index in [1.165, 1.54) is 22.8 Å². The largest absolute Gasteiger partial charge is 0.409 e. The number of fused-ring (bicyclic) bond motifs is 2. The highest BCUT2D eigenvalue weighted by Crippen LogP contribution is 2.38. The van der Waals surface area contributed by atoms with Crippen LogP contribution in [0.4, 0.5) is 24.5 Å². The third kappa shape index (κ3) is 4.52. The van der Waals surface area contributed by atoms with Crippen LogP contribution in [0, 0.1) is 0 Å². The molecule has 1 unspecified atom stereocenters. The number of hydrogen-bond acceptors (Lipinski definition) is 5. The Labute approximate surface area is 197 Å². The van der Waals surface area contributed by atoms with Crippen LogP contribution in [-0.4, -0.2) is 39.3 Å². The van der Waals surface area contributed by atoms with Crippen LogP contribution in [-0.2, 0) is 9.59 Å². The Morgan fingerprint density at radius 3 is 2.53 bits per heavy atom. The molecule has 11 heteroatoms. The van der Waals surface area contributed by atoms with Crippen LogP contribution in [0.25, 0.3) is 10.9 Å². The molecule has 2 amide bonds. The molecule has 0 fully saturated rings. The summed E-state index contributed by atoms with van der Waals surface area (Å²) in [6, 6.07) is 10.0. The fourth-order valence-electron chi connectivity index (χ4n) is 3.87. The van der Waals surface area contributed by atoms with E-state index in [0.717, 1.165) is 11.8 Å². The number of carbonyl (C=O) groups is 2. The third-order valence-electron chi connectivity index (χ3n) is 5.39. The molecule has 0 spiro atoms. The first-order valence-corrected chi connectivity index (χ1v) is 11.5. The van der Waals surface area contributed by atoms with Crippen molar-refractivity contribution in [2.24, 2.45) is 0 Å². The molecule has 0 bridgehead atoms. The second-order valence-corrected chi connectivity index (χ2v) is 9.00. The molecule has 1 aliphatic heterocycles. The van der Waals surface area contributed by atoms with Gasteiger partial charge in [0.15, 0.2) is 5.16 Å². The highest BCUT2D eigenvalue weighted by Gasteiger charge is 2.49. The number of nitrogens with one attached hydrogen (secondary N) is 1. The van der Waals surface area contributed by atoms with E-state index in [0.29, 0.717) is 15.8 Å². The van der Waals surface area contributed by atoms with Crippen molar-refractivity contribution in [3.8, 4) is 0 Å². The molecule has 2 aromatic carbocycles. The number of amides is 2. The molecule has 0 aliphatic carbocycles. The molecule has 1 atom stereocenters. The molecule has 2 heterocycles. The Balaban J connectivity index is 1.72. The number of halogens is 3. The maximum atomic E-state index is 13.9. The zero-order valence-corrected chi connectivity index (χ0v) is 19.1. The average Bonchev–Trinajstić information content (AvgIpc) is 2.93. The quantitative estimate of drug-likeness (QED) is 0.434. The predicted octanol–water partition coefficient (Wildman–Crippen LogP) is 4.38. The van der Waals surface area contributed by atoms with Gasteiger partial charge in [0, 0.05) is 6.04 Å². The maximum Gasteiger partial charge on any atom is 0.409 e. The smallest absolute Gasteiger partial charge is 0.324 e. The maximum absolute atomic E-state index is 13.9. The van der Waals surface area contributed by atoms with E-state index in [1.54, 1.807) is 44.2 Å². The van der Waals surface area contributed by atoms with Gasteiger partial charge in [-0.05, 0) is 38.1 Å². The number of rotatable bonds is 4. The van der Waals surface area contributed by atoms with Crippen molar-refractivity contribution in [2.75, 3.05) is 16.0 Å². The molecule has 1 N–H and O–H groups in total. The number of anilines is 2. The number of nitrogens with zero attached hydrogens (tertiary/aromatic N) is 3. The highest BCUT2D eigenvalue weighted by atomic mass is 32.2. The standard InChI is InChI=1S/C23H21F3N4O3S/c1-13(2)29-21(33)14-7-3-4-8-15(14)28-22(29)34-12-20(32)30-17-10-6-5-9-16(17)27-19(31)11-18(30)23(24,25)26/h3-10,13,18H,11-12H2,1-2H3,(H,27,31). The van der Waals surface area contributed by atoms with E-state index >= 15 is 0 Å².